The maximum Gasteiger partial charge on any atom is 0.243 e. The Morgan fingerprint density at radius 2 is 1.52 bits per heavy atom. The van der Waals surface area contributed by atoms with Crippen molar-refractivity contribution < 1.29 is 9.59 Å². The van der Waals surface area contributed by atoms with Crippen molar-refractivity contribution in [2.75, 3.05) is 4.90 Å². The molecule has 1 fully saturated rings. The van der Waals surface area contributed by atoms with Gasteiger partial charge in [-0.2, -0.15) is 0 Å². The van der Waals surface area contributed by atoms with Crippen LogP contribution in [0.2, 0.25) is 0 Å². The van der Waals surface area contributed by atoms with E-state index in [9.17, 15) is 9.59 Å². The van der Waals surface area contributed by atoms with Crippen LogP contribution in [-0.2, 0) is 16.0 Å². The maximum absolute atomic E-state index is 13.8. The van der Waals surface area contributed by atoms with Gasteiger partial charge in [0.2, 0.25) is 11.8 Å². The predicted octanol–water partition coefficient (Wildman–Crippen LogP) is 5.73. The van der Waals surface area contributed by atoms with Gasteiger partial charge in [0.05, 0.1) is 23.2 Å². The van der Waals surface area contributed by atoms with Crippen LogP contribution in [0.25, 0.3) is 10.6 Å². The van der Waals surface area contributed by atoms with Crippen molar-refractivity contribution in [2.45, 2.75) is 25.2 Å². The van der Waals surface area contributed by atoms with Crippen molar-refractivity contribution in [2.24, 2.45) is 5.92 Å². The van der Waals surface area contributed by atoms with Crippen molar-refractivity contribution in [3.8, 4) is 10.6 Å². The minimum Gasteiger partial charge on any atom is -0.274 e. The maximum atomic E-state index is 13.8. The molecule has 0 unspecified atom stereocenters. The van der Waals surface area contributed by atoms with E-state index in [-0.39, 0.29) is 17.7 Å². The number of amides is 2. The van der Waals surface area contributed by atoms with E-state index in [4.69, 9.17) is 4.98 Å². The number of rotatable bonds is 3. The van der Waals surface area contributed by atoms with Gasteiger partial charge in [0.1, 0.15) is 5.01 Å². The number of carbonyl (C=O) groups is 2. The third-order valence-corrected chi connectivity index (χ3v) is 7.98. The minimum absolute atomic E-state index is 0.0843. The number of nitrogens with zero attached hydrogens (tertiary/aromatic N) is 2. The normalized spacial score (nSPS) is 21.7. The number of para-hydroxylation sites is 1. The quantitative estimate of drug-likeness (QED) is 0.375. The lowest BCUT2D eigenvalue weighted by atomic mass is 9.72. The molecule has 5 heteroatoms. The van der Waals surface area contributed by atoms with E-state index in [1.165, 1.54) is 10.5 Å². The fraction of sp³-hybridized carbons (Fsp3) is 0.179. The van der Waals surface area contributed by atoms with E-state index >= 15 is 0 Å². The Kier molecular flexibility index (Phi) is 4.73. The Labute approximate surface area is 196 Å². The standard InChI is InChI=1S/C28H22N2O2S/c1-17-12-14-18(15-13-17)21-16-22-25(33-26(29-22)19-8-4-2-5-9-19)24-23(21)27(31)30(28(24)32)20-10-6-3-7-11-20/h2-15,21,23-24H,16H2,1H3/t21-,23+,24+/m1/s1. The topological polar surface area (TPSA) is 50.3 Å². The van der Waals surface area contributed by atoms with Crippen LogP contribution in [0, 0.1) is 12.8 Å². The van der Waals surface area contributed by atoms with Crippen LogP contribution in [0.3, 0.4) is 0 Å². The Bertz CT molecular complexity index is 1350. The molecular formula is C28H22N2O2S. The third kappa shape index (κ3) is 3.23. The van der Waals surface area contributed by atoms with Crippen LogP contribution in [0.4, 0.5) is 5.69 Å². The van der Waals surface area contributed by atoms with Crippen LogP contribution in [0.5, 0.6) is 0 Å². The van der Waals surface area contributed by atoms with Gasteiger partial charge in [-0.3, -0.25) is 9.59 Å². The lowest BCUT2D eigenvalue weighted by Gasteiger charge is -2.30. The SMILES string of the molecule is Cc1ccc([C@H]2Cc3nc(-c4ccccc4)sc3[C@H]3C(=O)N(c4ccccc4)C(=O)[C@@H]23)cc1. The summed E-state index contributed by atoms with van der Waals surface area (Å²) in [7, 11) is 0. The highest BCUT2D eigenvalue weighted by Gasteiger charge is 2.56. The molecule has 4 nitrogen and oxygen atoms in total. The first kappa shape index (κ1) is 20.1. The summed E-state index contributed by atoms with van der Waals surface area (Å²) >= 11 is 1.56. The molecule has 1 aliphatic carbocycles. The number of aromatic nitrogens is 1. The average molecular weight is 451 g/mol. The molecule has 2 aliphatic rings. The zero-order valence-corrected chi connectivity index (χ0v) is 19.0. The largest absolute Gasteiger partial charge is 0.274 e. The lowest BCUT2D eigenvalue weighted by molar-refractivity contribution is -0.122. The summed E-state index contributed by atoms with van der Waals surface area (Å²) in [4.78, 5) is 34.9. The van der Waals surface area contributed by atoms with Crippen molar-refractivity contribution in [3.63, 3.8) is 0 Å². The van der Waals surface area contributed by atoms with Gasteiger partial charge in [-0.15, -0.1) is 11.3 Å². The number of thiazole rings is 1. The molecule has 1 saturated heterocycles. The summed E-state index contributed by atoms with van der Waals surface area (Å²) in [5.74, 6) is -1.25. The van der Waals surface area contributed by atoms with E-state index in [2.05, 4.69) is 31.2 Å². The van der Waals surface area contributed by atoms with E-state index in [0.29, 0.717) is 12.1 Å². The highest BCUT2D eigenvalue weighted by molar-refractivity contribution is 7.15. The smallest absolute Gasteiger partial charge is 0.243 e. The number of carbonyl (C=O) groups excluding carboxylic acids is 2. The molecule has 0 bridgehead atoms. The number of hydrogen-bond donors (Lipinski definition) is 0. The molecule has 1 aromatic heterocycles. The minimum atomic E-state index is -0.497. The van der Waals surface area contributed by atoms with Crippen LogP contribution in [0.15, 0.2) is 84.9 Å². The van der Waals surface area contributed by atoms with Gasteiger partial charge in [0, 0.05) is 16.4 Å². The second-order valence-electron chi connectivity index (χ2n) is 8.77. The van der Waals surface area contributed by atoms with Gasteiger partial charge in [-0.25, -0.2) is 9.88 Å². The molecule has 3 atom stereocenters. The molecule has 162 valence electrons. The summed E-state index contributed by atoms with van der Waals surface area (Å²) in [6.07, 6.45) is 0.657. The number of aryl methyl sites for hydroxylation is 1. The molecule has 33 heavy (non-hydrogen) atoms. The molecule has 2 amide bonds. The van der Waals surface area contributed by atoms with E-state index in [1.807, 2.05) is 60.7 Å². The van der Waals surface area contributed by atoms with Crippen LogP contribution >= 0.6 is 11.3 Å². The molecule has 1 aliphatic heterocycles. The molecule has 2 heterocycles. The Hall–Kier alpha value is -3.57. The van der Waals surface area contributed by atoms with Crippen LogP contribution in [-0.4, -0.2) is 16.8 Å². The Morgan fingerprint density at radius 3 is 2.21 bits per heavy atom. The number of benzene rings is 3. The second kappa shape index (κ2) is 7.78. The van der Waals surface area contributed by atoms with Gasteiger partial charge >= 0.3 is 0 Å². The summed E-state index contributed by atoms with van der Waals surface area (Å²) < 4.78 is 0. The molecule has 4 aromatic rings. The average Bonchev–Trinajstić information content (AvgIpc) is 3.39. The summed E-state index contributed by atoms with van der Waals surface area (Å²) in [5.41, 5.74) is 4.88. The highest BCUT2D eigenvalue weighted by atomic mass is 32.1. The number of fused-ring (bicyclic) bond motifs is 3. The molecule has 0 saturated carbocycles. The van der Waals surface area contributed by atoms with Gasteiger partial charge in [0.15, 0.2) is 0 Å². The number of hydrogen-bond acceptors (Lipinski definition) is 4. The Balaban J connectivity index is 1.50. The predicted molar refractivity (Wildman–Crippen MR) is 130 cm³/mol. The fourth-order valence-electron chi connectivity index (χ4n) is 5.14. The van der Waals surface area contributed by atoms with Crippen molar-refractivity contribution in [1.82, 2.24) is 4.98 Å². The van der Waals surface area contributed by atoms with Gasteiger partial charge < -0.3 is 0 Å². The first-order valence-electron chi connectivity index (χ1n) is 11.2. The molecule has 6 rings (SSSR count). The first-order valence-corrected chi connectivity index (χ1v) is 12.0. The zero-order valence-electron chi connectivity index (χ0n) is 18.1. The van der Waals surface area contributed by atoms with Gasteiger partial charge in [0.25, 0.3) is 0 Å². The highest BCUT2D eigenvalue weighted by Crippen LogP contribution is 2.53. The third-order valence-electron chi connectivity index (χ3n) is 6.75. The molecule has 0 spiro atoms. The molecular weight excluding hydrogens is 428 g/mol. The van der Waals surface area contributed by atoms with Crippen LogP contribution < -0.4 is 4.90 Å². The number of imide groups is 1. The lowest BCUT2D eigenvalue weighted by Crippen LogP contribution is -2.32. The summed E-state index contributed by atoms with van der Waals surface area (Å²) in [5, 5.41) is 0.905. The molecule has 0 N–H and O–H groups in total. The first-order chi connectivity index (χ1) is 16.1. The second-order valence-corrected chi connectivity index (χ2v) is 9.80. The molecule has 0 radical (unpaired) electrons. The van der Waals surface area contributed by atoms with Gasteiger partial charge in [-0.05, 0) is 31.0 Å². The van der Waals surface area contributed by atoms with Crippen molar-refractivity contribution in [1.29, 1.82) is 0 Å². The Morgan fingerprint density at radius 1 is 0.848 bits per heavy atom. The van der Waals surface area contributed by atoms with E-state index in [1.54, 1.807) is 11.3 Å². The van der Waals surface area contributed by atoms with Gasteiger partial charge in [-0.1, -0.05) is 78.4 Å². The van der Waals surface area contributed by atoms with Crippen LogP contribution in [0.1, 0.15) is 33.5 Å². The zero-order chi connectivity index (χ0) is 22.5. The monoisotopic (exact) mass is 450 g/mol. The van der Waals surface area contributed by atoms with E-state index < -0.39 is 11.8 Å². The summed E-state index contributed by atoms with van der Waals surface area (Å²) in [6.45, 7) is 2.06. The molecule has 3 aromatic carbocycles. The van der Waals surface area contributed by atoms with Crippen molar-refractivity contribution in [3.05, 3.63) is 107 Å². The van der Waals surface area contributed by atoms with Crippen molar-refractivity contribution >= 4 is 28.8 Å². The summed E-state index contributed by atoms with van der Waals surface area (Å²) in [6, 6.07) is 27.7. The fourth-order valence-corrected chi connectivity index (χ4v) is 6.37. The van der Waals surface area contributed by atoms with E-state index in [0.717, 1.165) is 26.7 Å². The number of anilines is 1.